The summed E-state index contributed by atoms with van der Waals surface area (Å²) in [4.78, 5) is 12.5. The first kappa shape index (κ1) is 12.1. The Labute approximate surface area is 108 Å². The molecule has 0 amide bonds. The normalized spacial score (nSPS) is 10.6. The lowest BCUT2D eigenvalue weighted by atomic mass is 10.2. The minimum atomic E-state index is -0.611. The molecule has 0 bridgehead atoms. The first-order valence-corrected chi connectivity index (χ1v) is 5.65. The summed E-state index contributed by atoms with van der Waals surface area (Å²) < 4.78 is 0. The van der Waals surface area contributed by atoms with Gasteiger partial charge in [-0.3, -0.25) is 4.79 Å². The van der Waals surface area contributed by atoms with Crippen molar-refractivity contribution in [3.63, 3.8) is 0 Å². The zero-order valence-corrected chi connectivity index (χ0v) is 10.7. The summed E-state index contributed by atoms with van der Waals surface area (Å²) in [6.45, 7) is 3.58. The number of carbonyl (C=O) groups excluding carboxylic acids is 1. The van der Waals surface area contributed by atoms with Crippen LogP contribution in [-0.2, 0) is 0 Å². The number of rotatable bonds is 2. The van der Waals surface area contributed by atoms with Gasteiger partial charge in [0.05, 0.1) is 11.4 Å². The van der Waals surface area contributed by atoms with Crippen LogP contribution in [0.5, 0.6) is 0 Å². The van der Waals surface area contributed by atoms with Gasteiger partial charge in [-0.05, 0) is 49.2 Å². The summed E-state index contributed by atoms with van der Waals surface area (Å²) in [6.07, 6.45) is 0. The van der Waals surface area contributed by atoms with Gasteiger partial charge in [0, 0.05) is 5.02 Å². The van der Waals surface area contributed by atoms with E-state index in [0.717, 1.165) is 11.3 Å². The lowest BCUT2D eigenvalue weighted by Gasteiger charge is -2.03. The molecule has 0 atom stereocenters. The van der Waals surface area contributed by atoms with E-state index in [1.54, 1.807) is 25.1 Å². The van der Waals surface area contributed by atoms with Gasteiger partial charge in [0.1, 0.15) is 0 Å². The molecule has 0 unspecified atom stereocenters. The van der Waals surface area contributed by atoms with E-state index in [4.69, 9.17) is 23.2 Å². The summed E-state index contributed by atoms with van der Waals surface area (Å²) in [7, 11) is 0. The molecule has 4 nitrogen and oxygen atoms in total. The third-order valence-electron chi connectivity index (χ3n) is 2.34. The van der Waals surface area contributed by atoms with Crippen molar-refractivity contribution in [2.75, 3.05) is 0 Å². The molecule has 0 aliphatic carbocycles. The number of carbonyl (C=O) groups is 1. The summed E-state index contributed by atoms with van der Waals surface area (Å²) in [6, 6.07) is 5.34. The number of hydrogen-bond donors (Lipinski definition) is 0. The maximum absolute atomic E-state index is 11.1. The van der Waals surface area contributed by atoms with Crippen LogP contribution in [0.15, 0.2) is 18.2 Å². The number of nitrogens with zero attached hydrogens (tertiary/aromatic N) is 3. The second-order valence-corrected chi connectivity index (χ2v) is 4.41. The highest BCUT2D eigenvalue weighted by molar-refractivity contribution is 6.67. The van der Waals surface area contributed by atoms with E-state index in [1.807, 2.05) is 6.92 Å². The van der Waals surface area contributed by atoms with E-state index in [2.05, 4.69) is 10.2 Å². The minimum Gasteiger partial charge on any atom is -0.274 e. The van der Waals surface area contributed by atoms with Crippen LogP contribution in [0.3, 0.4) is 0 Å². The average Bonchev–Trinajstić information content (AvgIpc) is 2.60. The fourth-order valence-electron chi connectivity index (χ4n) is 1.51. The van der Waals surface area contributed by atoms with E-state index < -0.39 is 5.24 Å². The highest BCUT2D eigenvalue weighted by Crippen LogP contribution is 2.18. The van der Waals surface area contributed by atoms with Crippen LogP contribution >= 0.6 is 23.2 Å². The van der Waals surface area contributed by atoms with Crippen molar-refractivity contribution in [2.24, 2.45) is 0 Å². The van der Waals surface area contributed by atoms with Crippen LogP contribution in [-0.4, -0.2) is 20.2 Å². The molecule has 6 heteroatoms. The third kappa shape index (κ3) is 2.33. The molecule has 88 valence electrons. The van der Waals surface area contributed by atoms with E-state index >= 15 is 0 Å². The predicted octanol–water partition coefficient (Wildman–Crippen LogP) is 2.92. The predicted molar refractivity (Wildman–Crippen MR) is 66.0 cm³/mol. The Hall–Kier alpha value is -1.39. The van der Waals surface area contributed by atoms with Gasteiger partial charge < -0.3 is 0 Å². The Morgan fingerprint density at radius 2 is 2.00 bits per heavy atom. The van der Waals surface area contributed by atoms with E-state index in [0.29, 0.717) is 10.7 Å². The molecule has 1 heterocycles. The Balaban J connectivity index is 2.53. The van der Waals surface area contributed by atoms with Crippen molar-refractivity contribution in [1.82, 2.24) is 15.0 Å². The fraction of sp³-hybridized carbons (Fsp3) is 0.182. The van der Waals surface area contributed by atoms with E-state index in [9.17, 15) is 4.79 Å². The fourth-order valence-corrected chi connectivity index (χ4v) is 1.91. The Bertz CT molecular complexity index is 592. The zero-order chi connectivity index (χ0) is 12.6. The molecular formula is C11H9Cl2N3O. The van der Waals surface area contributed by atoms with Crippen molar-refractivity contribution in [3.8, 4) is 5.69 Å². The number of aryl methyl sites for hydroxylation is 2. The first-order chi connectivity index (χ1) is 7.99. The maximum Gasteiger partial charge on any atom is 0.274 e. The van der Waals surface area contributed by atoms with Gasteiger partial charge in [-0.2, -0.15) is 9.90 Å². The minimum absolute atomic E-state index is 0.168. The van der Waals surface area contributed by atoms with Gasteiger partial charge in [0.2, 0.25) is 0 Å². The largest absolute Gasteiger partial charge is 0.274 e. The van der Waals surface area contributed by atoms with Gasteiger partial charge in [0.25, 0.3) is 5.24 Å². The summed E-state index contributed by atoms with van der Waals surface area (Å²) >= 11 is 11.3. The molecule has 1 aromatic carbocycles. The van der Waals surface area contributed by atoms with Crippen LogP contribution in [0.1, 0.15) is 21.7 Å². The summed E-state index contributed by atoms with van der Waals surface area (Å²) in [5, 5.41) is 8.23. The molecule has 2 aromatic rings. The van der Waals surface area contributed by atoms with Crippen LogP contribution in [0.2, 0.25) is 5.02 Å². The molecule has 0 N–H and O–H groups in total. The van der Waals surface area contributed by atoms with Gasteiger partial charge in [-0.25, -0.2) is 0 Å². The topological polar surface area (TPSA) is 47.8 Å². The van der Waals surface area contributed by atoms with Gasteiger partial charge in [-0.15, -0.1) is 5.10 Å². The zero-order valence-electron chi connectivity index (χ0n) is 9.24. The van der Waals surface area contributed by atoms with Crippen LogP contribution in [0, 0.1) is 13.8 Å². The van der Waals surface area contributed by atoms with E-state index in [-0.39, 0.29) is 5.69 Å². The van der Waals surface area contributed by atoms with E-state index in [1.165, 1.54) is 4.80 Å². The molecule has 17 heavy (non-hydrogen) atoms. The molecule has 0 fully saturated rings. The number of aromatic nitrogens is 3. The van der Waals surface area contributed by atoms with Crippen molar-refractivity contribution in [2.45, 2.75) is 13.8 Å². The quantitative estimate of drug-likeness (QED) is 0.788. The standard InChI is InChI=1S/C11H9Cl2N3O/c1-6-5-8(12)3-4-9(6)16-14-7(2)10(15-16)11(13)17/h3-5H,1-2H3. The lowest BCUT2D eigenvalue weighted by molar-refractivity contribution is 0.107. The molecule has 0 saturated carbocycles. The molecule has 1 aromatic heterocycles. The number of halogens is 2. The molecule has 0 radical (unpaired) electrons. The smallest absolute Gasteiger partial charge is 0.274 e. The molecular weight excluding hydrogens is 261 g/mol. The molecule has 0 spiro atoms. The van der Waals surface area contributed by atoms with Gasteiger partial charge in [0.15, 0.2) is 5.69 Å². The van der Waals surface area contributed by atoms with Gasteiger partial charge in [-0.1, -0.05) is 11.6 Å². The monoisotopic (exact) mass is 269 g/mol. The Morgan fingerprint density at radius 3 is 2.53 bits per heavy atom. The molecule has 0 saturated heterocycles. The molecule has 2 rings (SSSR count). The number of benzene rings is 1. The Kier molecular flexibility index (Phi) is 3.17. The lowest BCUT2D eigenvalue weighted by Crippen LogP contribution is -2.02. The van der Waals surface area contributed by atoms with Crippen LogP contribution in [0.25, 0.3) is 5.69 Å². The highest BCUT2D eigenvalue weighted by Gasteiger charge is 2.14. The molecule has 0 aliphatic rings. The second-order valence-electron chi connectivity index (χ2n) is 3.63. The van der Waals surface area contributed by atoms with Crippen molar-refractivity contribution >= 4 is 28.4 Å². The van der Waals surface area contributed by atoms with Crippen molar-refractivity contribution in [3.05, 3.63) is 40.2 Å². The third-order valence-corrected chi connectivity index (χ3v) is 2.76. The maximum atomic E-state index is 11.1. The SMILES string of the molecule is Cc1cc(Cl)ccc1-n1nc(C)c(C(=O)Cl)n1. The summed E-state index contributed by atoms with van der Waals surface area (Å²) in [5.41, 5.74) is 2.35. The second kappa shape index (κ2) is 4.47. The average molecular weight is 270 g/mol. The summed E-state index contributed by atoms with van der Waals surface area (Å²) in [5.74, 6) is 0. The Morgan fingerprint density at radius 1 is 1.29 bits per heavy atom. The highest BCUT2D eigenvalue weighted by atomic mass is 35.5. The first-order valence-electron chi connectivity index (χ1n) is 4.89. The van der Waals surface area contributed by atoms with Crippen LogP contribution < -0.4 is 0 Å². The van der Waals surface area contributed by atoms with Crippen molar-refractivity contribution in [1.29, 1.82) is 0 Å². The number of hydrogen-bond acceptors (Lipinski definition) is 3. The van der Waals surface area contributed by atoms with Crippen molar-refractivity contribution < 1.29 is 4.79 Å². The van der Waals surface area contributed by atoms with Gasteiger partial charge >= 0.3 is 0 Å². The van der Waals surface area contributed by atoms with Crippen LogP contribution in [0.4, 0.5) is 0 Å². The molecule has 0 aliphatic heterocycles.